The SMILES string of the molecule is COc1cc(Cl)cc(C=C2C(=O)NN(c3ccccc3)C2=O)c1OCC(=O)OC(C)C. The summed E-state index contributed by atoms with van der Waals surface area (Å²) in [6, 6.07) is 11.7. The lowest BCUT2D eigenvalue weighted by atomic mass is 10.1. The smallest absolute Gasteiger partial charge is 0.344 e. The van der Waals surface area contributed by atoms with E-state index in [1.807, 2.05) is 0 Å². The van der Waals surface area contributed by atoms with Crippen LogP contribution in [0.2, 0.25) is 5.02 Å². The first-order valence-corrected chi connectivity index (χ1v) is 9.80. The Morgan fingerprint density at radius 1 is 1.19 bits per heavy atom. The van der Waals surface area contributed by atoms with Crippen molar-refractivity contribution in [2.24, 2.45) is 0 Å². The highest BCUT2D eigenvalue weighted by molar-refractivity contribution is 6.32. The van der Waals surface area contributed by atoms with Crippen LogP contribution in [-0.4, -0.2) is 37.6 Å². The molecule has 0 spiro atoms. The van der Waals surface area contributed by atoms with Crippen LogP contribution in [0.3, 0.4) is 0 Å². The molecule has 1 aliphatic rings. The summed E-state index contributed by atoms with van der Waals surface area (Å²) >= 11 is 6.16. The monoisotopic (exact) mass is 444 g/mol. The number of nitrogens with zero attached hydrogens (tertiary/aromatic N) is 1. The van der Waals surface area contributed by atoms with Crippen molar-refractivity contribution < 1.29 is 28.6 Å². The summed E-state index contributed by atoms with van der Waals surface area (Å²) < 4.78 is 16.0. The van der Waals surface area contributed by atoms with Gasteiger partial charge in [0.1, 0.15) is 5.57 Å². The van der Waals surface area contributed by atoms with Gasteiger partial charge in [0, 0.05) is 16.7 Å². The maximum Gasteiger partial charge on any atom is 0.344 e. The molecule has 0 bridgehead atoms. The number of hydrogen-bond acceptors (Lipinski definition) is 6. The van der Waals surface area contributed by atoms with Gasteiger partial charge in [-0.05, 0) is 38.1 Å². The number of hydrogen-bond donors (Lipinski definition) is 1. The van der Waals surface area contributed by atoms with Gasteiger partial charge in [-0.25, -0.2) is 9.80 Å². The molecule has 31 heavy (non-hydrogen) atoms. The van der Waals surface area contributed by atoms with Gasteiger partial charge < -0.3 is 14.2 Å². The fraction of sp³-hybridized carbons (Fsp3) is 0.227. The number of amides is 2. The maximum absolute atomic E-state index is 12.9. The standard InChI is InChI=1S/C22H21ClN2O6/c1-13(2)31-19(26)12-30-20-14(9-15(23)11-18(20)29-3)10-17-21(27)24-25(22(17)28)16-7-5-4-6-8-16/h4-11,13H,12H2,1-3H3,(H,24,27). The van der Waals surface area contributed by atoms with Gasteiger partial charge in [-0.2, -0.15) is 0 Å². The summed E-state index contributed by atoms with van der Waals surface area (Å²) in [6.07, 6.45) is 1.05. The molecule has 0 aliphatic carbocycles. The van der Waals surface area contributed by atoms with Crippen LogP contribution in [0.1, 0.15) is 19.4 Å². The van der Waals surface area contributed by atoms with E-state index in [9.17, 15) is 14.4 Å². The van der Waals surface area contributed by atoms with Crippen LogP contribution >= 0.6 is 11.6 Å². The van der Waals surface area contributed by atoms with Crippen molar-refractivity contribution in [2.45, 2.75) is 20.0 Å². The molecule has 0 saturated carbocycles. The van der Waals surface area contributed by atoms with E-state index in [0.717, 1.165) is 5.01 Å². The summed E-state index contributed by atoms with van der Waals surface area (Å²) in [4.78, 5) is 37.2. The lowest BCUT2D eigenvalue weighted by Gasteiger charge is -2.15. The van der Waals surface area contributed by atoms with E-state index in [1.54, 1.807) is 44.2 Å². The van der Waals surface area contributed by atoms with Crippen LogP contribution in [0.25, 0.3) is 6.08 Å². The van der Waals surface area contributed by atoms with Gasteiger partial charge in [-0.15, -0.1) is 0 Å². The molecule has 3 rings (SSSR count). The molecule has 8 nitrogen and oxygen atoms in total. The quantitative estimate of drug-likeness (QED) is 0.400. The Balaban J connectivity index is 1.95. The molecule has 1 aliphatic heterocycles. The van der Waals surface area contributed by atoms with Crippen molar-refractivity contribution in [1.29, 1.82) is 0 Å². The normalized spacial score (nSPS) is 14.7. The lowest BCUT2D eigenvalue weighted by Crippen LogP contribution is -2.35. The largest absolute Gasteiger partial charge is 0.493 e. The first-order chi connectivity index (χ1) is 14.8. The predicted molar refractivity (Wildman–Crippen MR) is 115 cm³/mol. The summed E-state index contributed by atoms with van der Waals surface area (Å²) in [5.74, 6) is -1.31. The highest BCUT2D eigenvalue weighted by Gasteiger charge is 2.34. The Morgan fingerprint density at radius 2 is 1.90 bits per heavy atom. The maximum atomic E-state index is 12.9. The van der Waals surface area contributed by atoms with Crippen LogP contribution in [0, 0.1) is 0 Å². The number of carbonyl (C=O) groups excluding carboxylic acids is 3. The molecule has 1 fully saturated rings. The van der Waals surface area contributed by atoms with Gasteiger partial charge >= 0.3 is 5.97 Å². The van der Waals surface area contributed by atoms with Crippen molar-refractivity contribution in [3.63, 3.8) is 0 Å². The van der Waals surface area contributed by atoms with Crippen LogP contribution in [-0.2, 0) is 19.1 Å². The number of carbonyl (C=O) groups is 3. The van der Waals surface area contributed by atoms with E-state index < -0.39 is 17.8 Å². The van der Waals surface area contributed by atoms with Gasteiger partial charge in [-0.1, -0.05) is 29.8 Å². The number of anilines is 1. The number of rotatable bonds is 7. The minimum absolute atomic E-state index is 0.122. The number of nitrogens with one attached hydrogen (secondary N) is 1. The summed E-state index contributed by atoms with van der Waals surface area (Å²) in [7, 11) is 1.41. The zero-order valence-corrected chi connectivity index (χ0v) is 17.9. The third-order valence-electron chi connectivity index (χ3n) is 4.18. The van der Waals surface area contributed by atoms with Crippen LogP contribution in [0.4, 0.5) is 5.69 Å². The van der Waals surface area contributed by atoms with Gasteiger partial charge in [-0.3, -0.25) is 15.0 Å². The van der Waals surface area contributed by atoms with Crippen LogP contribution < -0.4 is 19.9 Å². The molecular formula is C22H21ClN2O6. The van der Waals surface area contributed by atoms with Crippen molar-refractivity contribution in [3.05, 3.63) is 58.6 Å². The van der Waals surface area contributed by atoms with E-state index in [-0.39, 0.29) is 29.8 Å². The zero-order valence-electron chi connectivity index (χ0n) is 17.2. The third kappa shape index (κ3) is 5.16. The van der Waals surface area contributed by atoms with Crippen LogP contribution in [0.15, 0.2) is 48.0 Å². The number of esters is 1. The van der Waals surface area contributed by atoms with Gasteiger partial charge in [0.15, 0.2) is 18.1 Å². The molecule has 0 unspecified atom stereocenters. The van der Waals surface area contributed by atoms with Crippen molar-refractivity contribution >= 4 is 41.1 Å². The highest BCUT2D eigenvalue weighted by Crippen LogP contribution is 2.37. The van der Waals surface area contributed by atoms with E-state index in [2.05, 4.69) is 5.43 Å². The van der Waals surface area contributed by atoms with Gasteiger partial charge in [0.2, 0.25) is 0 Å². The Morgan fingerprint density at radius 3 is 2.55 bits per heavy atom. The van der Waals surface area contributed by atoms with E-state index in [1.165, 1.54) is 25.3 Å². The second-order valence-electron chi connectivity index (χ2n) is 6.83. The zero-order chi connectivity index (χ0) is 22.5. The molecular weight excluding hydrogens is 424 g/mol. The Kier molecular flexibility index (Phi) is 6.81. The van der Waals surface area contributed by atoms with E-state index in [4.69, 9.17) is 25.8 Å². The van der Waals surface area contributed by atoms with Crippen molar-refractivity contribution in [1.82, 2.24) is 5.43 Å². The second kappa shape index (κ2) is 9.53. The Bertz CT molecular complexity index is 1040. The van der Waals surface area contributed by atoms with Crippen molar-refractivity contribution in [2.75, 3.05) is 18.7 Å². The molecule has 1 saturated heterocycles. The number of benzene rings is 2. The molecule has 1 N–H and O–H groups in total. The Labute approximate surface area is 184 Å². The molecule has 0 radical (unpaired) electrons. The summed E-state index contributed by atoms with van der Waals surface area (Å²) in [6.45, 7) is 3.06. The highest BCUT2D eigenvalue weighted by atomic mass is 35.5. The molecule has 162 valence electrons. The van der Waals surface area contributed by atoms with Crippen molar-refractivity contribution in [3.8, 4) is 11.5 Å². The number of para-hydroxylation sites is 1. The summed E-state index contributed by atoms with van der Waals surface area (Å²) in [5.41, 5.74) is 3.22. The average Bonchev–Trinajstić information content (AvgIpc) is 3.01. The molecule has 9 heteroatoms. The number of hydrazine groups is 1. The molecule has 2 aromatic rings. The third-order valence-corrected chi connectivity index (χ3v) is 4.39. The van der Waals surface area contributed by atoms with E-state index >= 15 is 0 Å². The lowest BCUT2D eigenvalue weighted by molar-refractivity contribution is -0.149. The first kappa shape index (κ1) is 22.2. The molecule has 1 heterocycles. The first-order valence-electron chi connectivity index (χ1n) is 9.42. The molecule has 2 aromatic carbocycles. The molecule has 2 amide bonds. The minimum atomic E-state index is -0.585. The Hall–Kier alpha value is -3.52. The van der Waals surface area contributed by atoms with Gasteiger partial charge in [0.05, 0.1) is 18.9 Å². The summed E-state index contributed by atoms with van der Waals surface area (Å²) in [5, 5.41) is 1.45. The average molecular weight is 445 g/mol. The predicted octanol–water partition coefficient (Wildman–Crippen LogP) is 3.14. The topological polar surface area (TPSA) is 94.2 Å². The fourth-order valence-corrected chi connectivity index (χ4v) is 3.12. The molecule has 0 atom stereocenters. The van der Waals surface area contributed by atoms with E-state index in [0.29, 0.717) is 16.3 Å². The van der Waals surface area contributed by atoms with Gasteiger partial charge in [0.25, 0.3) is 11.8 Å². The number of methoxy groups -OCH3 is 1. The molecule has 0 aromatic heterocycles. The number of ether oxygens (including phenoxy) is 3. The minimum Gasteiger partial charge on any atom is -0.493 e. The number of halogens is 1. The van der Waals surface area contributed by atoms with Crippen LogP contribution in [0.5, 0.6) is 11.5 Å². The fourth-order valence-electron chi connectivity index (χ4n) is 2.90. The second-order valence-corrected chi connectivity index (χ2v) is 7.27.